The maximum absolute atomic E-state index is 14.8. The third-order valence-electron chi connectivity index (χ3n) is 8.53. The second-order valence-corrected chi connectivity index (χ2v) is 11.3. The number of fused-ring (bicyclic) bond motifs is 2. The molecule has 0 bridgehead atoms. The minimum atomic E-state index is -4.62. The molecule has 3 heterocycles. The predicted octanol–water partition coefficient (Wildman–Crippen LogP) is 6.19. The first-order valence-corrected chi connectivity index (χ1v) is 14.8. The summed E-state index contributed by atoms with van der Waals surface area (Å²) in [6.45, 7) is 1.83. The van der Waals surface area contributed by atoms with Gasteiger partial charge in [-0.2, -0.15) is 18.4 Å². The van der Waals surface area contributed by atoms with Gasteiger partial charge in [0.2, 0.25) is 11.8 Å². The Morgan fingerprint density at radius 2 is 1.70 bits per heavy atom. The monoisotopic (exact) mass is 624 g/mol. The average molecular weight is 625 g/mol. The summed E-state index contributed by atoms with van der Waals surface area (Å²) in [4.78, 5) is 36.5. The number of rotatable bonds is 8. The number of carbonyl (C=O) groups excluding carboxylic acids is 2. The fourth-order valence-corrected chi connectivity index (χ4v) is 6.59. The Hall–Kier alpha value is -5.34. The molecule has 6 rings (SSSR count). The maximum Gasteiger partial charge on any atom is 0.416 e. The number of aromatic nitrogens is 2. The maximum atomic E-state index is 14.8. The van der Waals surface area contributed by atoms with Gasteiger partial charge in [-0.25, -0.2) is 0 Å². The highest BCUT2D eigenvalue weighted by Crippen LogP contribution is 2.46. The summed E-state index contributed by atoms with van der Waals surface area (Å²) < 4.78 is 41.7. The van der Waals surface area contributed by atoms with Crippen LogP contribution in [0.15, 0.2) is 91.3 Å². The number of H-pyrrole nitrogens is 2. The summed E-state index contributed by atoms with van der Waals surface area (Å²) in [5, 5.41) is 17.0. The van der Waals surface area contributed by atoms with Crippen molar-refractivity contribution in [3.8, 4) is 6.07 Å². The second-order valence-electron chi connectivity index (χ2n) is 11.3. The van der Waals surface area contributed by atoms with Gasteiger partial charge in [0.05, 0.1) is 17.2 Å². The number of nitrogens with one attached hydrogen (secondary N) is 4. The highest BCUT2D eigenvalue weighted by Gasteiger charge is 2.52. The molecule has 1 aliphatic heterocycles. The number of amides is 2. The van der Waals surface area contributed by atoms with E-state index >= 15 is 0 Å². The number of alkyl halides is 3. The molecule has 8 nitrogen and oxygen atoms in total. The van der Waals surface area contributed by atoms with E-state index in [1.165, 1.54) is 25.1 Å². The largest absolute Gasteiger partial charge is 0.416 e. The quantitative estimate of drug-likeness (QED) is 0.154. The Bertz CT molecular complexity index is 2000. The van der Waals surface area contributed by atoms with Crippen LogP contribution in [0.2, 0.25) is 0 Å². The molecule has 1 aliphatic rings. The zero-order valence-corrected chi connectivity index (χ0v) is 24.9. The number of para-hydroxylation sites is 1. The molecule has 4 N–H and O–H groups in total. The van der Waals surface area contributed by atoms with Crippen LogP contribution >= 0.6 is 0 Å². The topological polar surface area (TPSA) is 117 Å². The van der Waals surface area contributed by atoms with Crippen LogP contribution in [0.3, 0.4) is 0 Å². The summed E-state index contributed by atoms with van der Waals surface area (Å²) in [5.41, 5.74) is 0.450. The van der Waals surface area contributed by atoms with Crippen LogP contribution in [0.25, 0.3) is 21.8 Å². The van der Waals surface area contributed by atoms with Gasteiger partial charge in [-0.3, -0.25) is 14.5 Å². The van der Waals surface area contributed by atoms with Gasteiger partial charge in [-0.05, 0) is 47.9 Å². The van der Waals surface area contributed by atoms with Gasteiger partial charge >= 0.3 is 6.18 Å². The van der Waals surface area contributed by atoms with Crippen molar-refractivity contribution in [1.29, 1.82) is 5.26 Å². The number of aromatic amines is 2. The van der Waals surface area contributed by atoms with Crippen molar-refractivity contribution >= 4 is 33.6 Å². The standard InChI is InChI=1S/C35H31F3N6O2/c1-22(45)43-34(44-15-7-2-8-16-44,29-21-41-30-12-6-4-10-25(29)30)32(27-20-40-31-14-13-23(18-39)17-26(27)31)33(46)42-19-24-9-3-5-11-28(24)35(36,37)38/h2-7,9-14,17,20-21,32,40-41H,8,15-16,19H2,1H3,(H,42,46)(H,43,45). The van der Waals surface area contributed by atoms with Crippen LogP contribution in [0.5, 0.6) is 0 Å². The third-order valence-corrected chi connectivity index (χ3v) is 8.53. The lowest BCUT2D eigenvalue weighted by Gasteiger charge is -2.49. The molecular weight excluding hydrogens is 593 g/mol. The molecule has 234 valence electrons. The van der Waals surface area contributed by atoms with E-state index in [4.69, 9.17) is 0 Å². The molecule has 46 heavy (non-hydrogen) atoms. The number of hydrogen-bond acceptors (Lipinski definition) is 4. The van der Waals surface area contributed by atoms with Crippen LogP contribution in [-0.4, -0.2) is 39.8 Å². The number of halogens is 3. The van der Waals surface area contributed by atoms with Gasteiger partial charge in [-0.15, -0.1) is 0 Å². The van der Waals surface area contributed by atoms with Gasteiger partial charge in [-0.1, -0.05) is 48.6 Å². The number of carbonyl (C=O) groups is 2. The van der Waals surface area contributed by atoms with Gasteiger partial charge in [0, 0.05) is 66.3 Å². The molecule has 0 saturated carbocycles. The van der Waals surface area contributed by atoms with Crippen LogP contribution in [-0.2, 0) is 28.0 Å². The molecule has 0 aliphatic carbocycles. The summed E-state index contributed by atoms with van der Waals surface area (Å²) in [6, 6.07) is 19.8. The first-order valence-electron chi connectivity index (χ1n) is 14.8. The zero-order chi connectivity index (χ0) is 32.5. The summed E-state index contributed by atoms with van der Waals surface area (Å²) >= 11 is 0. The normalized spacial score (nSPS) is 15.7. The molecule has 0 fully saturated rings. The minimum absolute atomic E-state index is 0.0917. The smallest absolute Gasteiger partial charge is 0.361 e. The van der Waals surface area contributed by atoms with E-state index in [1.54, 1.807) is 30.6 Å². The molecule has 0 radical (unpaired) electrons. The molecule has 0 saturated heterocycles. The number of nitrogens with zero attached hydrogens (tertiary/aromatic N) is 2. The Morgan fingerprint density at radius 1 is 0.957 bits per heavy atom. The molecular formula is C35H31F3N6O2. The van der Waals surface area contributed by atoms with E-state index in [0.717, 1.165) is 17.0 Å². The van der Waals surface area contributed by atoms with E-state index in [9.17, 15) is 28.0 Å². The molecule has 5 aromatic rings. The van der Waals surface area contributed by atoms with Gasteiger partial charge < -0.3 is 20.6 Å². The Labute approximate surface area is 262 Å². The Balaban J connectivity index is 1.60. The molecule has 0 spiro atoms. The van der Waals surface area contributed by atoms with Crippen molar-refractivity contribution in [2.45, 2.75) is 37.6 Å². The second kappa shape index (κ2) is 12.2. The first kappa shape index (κ1) is 30.7. The van der Waals surface area contributed by atoms with E-state index in [1.807, 2.05) is 41.3 Å². The van der Waals surface area contributed by atoms with Crippen molar-refractivity contribution < 1.29 is 22.8 Å². The molecule has 2 aromatic heterocycles. The van der Waals surface area contributed by atoms with E-state index in [0.29, 0.717) is 47.1 Å². The summed E-state index contributed by atoms with van der Waals surface area (Å²) in [5.74, 6) is -2.20. The number of nitriles is 1. The van der Waals surface area contributed by atoms with E-state index < -0.39 is 41.7 Å². The number of benzene rings is 3. The van der Waals surface area contributed by atoms with Crippen LogP contribution in [0.4, 0.5) is 13.2 Å². The Morgan fingerprint density at radius 3 is 2.43 bits per heavy atom. The van der Waals surface area contributed by atoms with E-state index in [2.05, 4.69) is 26.7 Å². The highest BCUT2D eigenvalue weighted by molar-refractivity contribution is 5.96. The summed E-state index contributed by atoms with van der Waals surface area (Å²) in [7, 11) is 0. The van der Waals surface area contributed by atoms with Crippen molar-refractivity contribution in [2.24, 2.45) is 0 Å². The zero-order valence-electron chi connectivity index (χ0n) is 24.9. The average Bonchev–Trinajstić information content (AvgIpc) is 3.68. The molecule has 2 atom stereocenters. The van der Waals surface area contributed by atoms with Gasteiger partial charge in [0.25, 0.3) is 0 Å². The van der Waals surface area contributed by atoms with Crippen molar-refractivity contribution in [2.75, 3.05) is 13.1 Å². The van der Waals surface area contributed by atoms with Gasteiger partial charge in [0.15, 0.2) is 0 Å². The van der Waals surface area contributed by atoms with Crippen molar-refractivity contribution in [3.63, 3.8) is 0 Å². The first-order chi connectivity index (χ1) is 22.1. The Kier molecular flexibility index (Phi) is 8.15. The van der Waals surface area contributed by atoms with Crippen LogP contribution in [0.1, 0.15) is 47.1 Å². The lowest BCUT2D eigenvalue weighted by Crippen LogP contribution is -2.64. The fourth-order valence-electron chi connectivity index (χ4n) is 6.59. The third kappa shape index (κ3) is 5.52. The lowest BCUT2D eigenvalue weighted by molar-refractivity contribution is -0.139. The van der Waals surface area contributed by atoms with Crippen LogP contribution in [0, 0.1) is 11.3 Å². The van der Waals surface area contributed by atoms with E-state index in [-0.39, 0.29) is 5.56 Å². The molecule has 2 unspecified atom stereocenters. The fraction of sp³-hybridized carbons (Fsp3) is 0.229. The van der Waals surface area contributed by atoms with Gasteiger partial charge in [0.1, 0.15) is 11.6 Å². The highest BCUT2D eigenvalue weighted by atomic mass is 19.4. The van der Waals surface area contributed by atoms with Crippen LogP contribution < -0.4 is 10.6 Å². The minimum Gasteiger partial charge on any atom is -0.361 e. The molecule has 3 aromatic carbocycles. The number of hydrogen-bond donors (Lipinski definition) is 4. The lowest BCUT2D eigenvalue weighted by atomic mass is 9.77. The molecule has 2 amide bonds. The SMILES string of the molecule is CC(=O)NC(c1c[nH]c2ccccc12)(C(C(=O)NCc1ccccc1C(F)(F)F)c1c[nH]c2ccc(C#N)cc12)N1CC=CCC1. The van der Waals surface area contributed by atoms with Crippen molar-refractivity contribution in [3.05, 3.63) is 119 Å². The molecule has 11 heteroatoms. The summed E-state index contributed by atoms with van der Waals surface area (Å²) in [6.07, 6.45) is 3.46. The van der Waals surface area contributed by atoms with Crippen molar-refractivity contribution in [1.82, 2.24) is 25.5 Å². The predicted molar refractivity (Wildman–Crippen MR) is 168 cm³/mol.